The third kappa shape index (κ3) is 3.21. The molecule has 76 valence electrons. The molecule has 0 saturated heterocycles. The van der Waals surface area contributed by atoms with E-state index in [0.717, 1.165) is 6.42 Å². The maximum atomic E-state index is 10.6. The third-order valence-corrected chi connectivity index (χ3v) is 2.41. The normalized spacial score (nSPS) is 12.4. The largest absolute Gasteiger partial charge is 0.481 e. The van der Waals surface area contributed by atoms with E-state index in [2.05, 4.69) is 24.3 Å². The van der Waals surface area contributed by atoms with Crippen molar-refractivity contribution in [3.8, 4) is 0 Å². The summed E-state index contributed by atoms with van der Waals surface area (Å²) in [6.07, 6.45) is 1.55. The van der Waals surface area contributed by atoms with Gasteiger partial charge in [-0.2, -0.15) is 0 Å². The topological polar surface area (TPSA) is 37.3 Å². The molecule has 2 nitrogen and oxygen atoms in total. The lowest BCUT2D eigenvalue weighted by atomic mass is 10.0. The van der Waals surface area contributed by atoms with Crippen molar-refractivity contribution in [2.75, 3.05) is 0 Å². The predicted molar refractivity (Wildman–Crippen MR) is 56.3 cm³/mol. The van der Waals surface area contributed by atoms with Gasteiger partial charge in [0.15, 0.2) is 0 Å². The van der Waals surface area contributed by atoms with Crippen LogP contribution in [0.2, 0.25) is 0 Å². The van der Waals surface area contributed by atoms with Gasteiger partial charge in [0.2, 0.25) is 0 Å². The summed E-state index contributed by atoms with van der Waals surface area (Å²) in [4.78, 5) is 10.6. The number of carboxylic acids is 1. The molecular weight excluding hydrogens is 176 g/mol. The molecule has 1 N–H and O–H groups in total. The fourth-order valence-corrected chi connectivity index (χ4v) is 1.26. The van der Waals surface area contributed by atoms with E-state index in [1.54, 1.807) is 6.92 Å². The molecule has 2 heteroatoms. The molecule has 0 aromatic heterocycles. The fourth-order valence-electron chi connectivity index (χ4n) is 1.26. The van der Waals surface area contributed by atoms with Gasteiger partial charge in [-0.25, -0.2) is 0 Å². The van der Waals surface area contributed by atoms with Crippen LogP contribution < -0.4 is 0 Å². The first-order chi connectivity index (χ1) is 6.59. The number of carbonyl (C=O) groups is 1. The van der Waals surface area contributed by atoms with Crippen LogP contribution in [0.4, 0.5) is 0 Å². The SMILES string of the molecule is Cc1ccc(CC[C@H](C)C(=O)O)cc1. The molecule has 0 amide bonds. The van der Waals surface area contributed by atoms with Crippen LogP contribution in [0.1, 0.15) is 24.5 Å². The molecule has 1 rings (SSSR count). The van der Waals surface area contributed by atoms with Gasteiger partial charge in [0.05, 0.1) is 5.92 Å². The zero-order chi connectivity index (χ0) is 10.6. The van der Waals surface area contributed by atoms with Gasteiger partial charge in [-0.05, 0) is 25.3 Å². The highest BCUT2D eigenvalue weighted by molar-refractivity contribution is 5.69. The lowest BCUT2D eigenvalue weighted by Crippen LogP contribution is -2.10. The van der Waals surface area contributed by atoms with E-state index < -0.39 is 5.97 Å². The first-order valence-electron chi connectivity index (χ1n) is 4.88. The summed E-state index contributed by atoms with van der Waals surface area (Å²) in [6.45, 7) is 3.79. The van der Waals surface area contributed by atoms with Gasteiger partial charge in [-0.15, -0.1) is 0 Å². The predicted octanol–water partition coefficient (Wildman–Crippen LogP) is 2.65. The van der Waals surface area contributed by atoms with E-state index in [9.17, 15) is 4.79 Å². The number of carboxylic acid groups (broad SMARTS) is 1. The zero-order valence-corrected chi connectivity index (χ0v) is 8.66. The van der Waals surface area contributed by atoms with Crippen LogP contribution in [0.15, 0.2) is 24.3 Å². The van der Waals surface area contributed by atoms with E-state index in [4.69, 9.17) is 5.11 Å². The van der Waals surface area contributed by atoms with Crippen molar-refractivity contribution in [2.45, 2.75) is 26.7 Å². The highest BCUT2D eigenvalue weighted by atomic mass is 16.4. The minimum absolute atomic E-state index is 0.253. The number of rotatable bonds is 4. The molecule has 0 aliphatic heterocycles. The van der Waals surface area contributed by atoms with Gasteiger partial charge in [-0.3, -0.25) is 4.79 Å². The van der Waals surface area contributed by atoms with Crippen molar-refractivity contribution in [3.05, 3.63) is 35.4 Å². The van der Waals surface area contributed by atoms with Crippen molar-refractivity contribution < 1.29 is 9.90 Å². The Bertz CT molecular complexity index is 301. The Labute approximate surface area is 84.6 Å². The van der Waals surface area contributed by atoms with Crippen molar-refractivity contribution >= 4 is 5.97 Å². The van der Waals surface area contributed by atoms with Crippen molar-refractivity contribution in [1.82, 2.24) is 0 Å². The summed E-state index contributed by atoms with van der Waals surface area (Å²) in [5.74, 6) is -0.964. The van der Waals surface area contributed by atoms with Gasteiger partial charge in [0.25, 0.3) is 0 Å². The monoisotopic (exact) mass is 192 g/mol. The van der Waals surface area contributed by atoms with Gasteiger partial charge in [0.1, 0.15) is 0 Å². The highest BCUT2D eigenvalue weighted by Gasteiger charge is 2.09. The smallest absolute Gasteiger partial charge is 0.306 e. The quantitative estimate of drug-likeness (QED) is 0.796. The van der Waals surface area contributed by atoms with Gasteiger partial charge >= 0.3 is 5.97 Å². The Hall–Kier alpha value is -1.31. The maximum absolute atomic E-state index is 10.6. The van der Waals surface area contributed by atoms with Crippen LogP contribution in [-0.4, -0.2) is 11.1 Å². The second-order valence-corrected chi connectivity index (χ2v) is 3.76. The molecule has 0 radical (unpaired) electrons. The summed E-state index contributed by atoms with van der Waals surface area (Å²) >= 11 is 0. The Balaban J connectivity index is 2.46. The number of hydrogen-bond donors (Lipinski definition) is 1. The number of aliphatic carboxylic acids is 1. The first-order valence-corrected chi connectivity index (χ1v) is 4.88. The number of hydrogen-bond acceptors (Lipinski definition) is 1. The minimum Gasteiger partial charge on any atom is -0.481 e. The molecular formula is C12H16O2. The van der Waals surface area contributed by atoms with Gasteiger partial charge in [0, 0.05) is 0 Å². The molecule has 0 spiro atoms. The van der Waals surface area contributed by atoms with Crippen molar-refractivity contribution in [3.63, 3.8) is 0 Å². The van der Waals surface area contributed by atoms with Crippen LogP contribution in [0.25, 0.3) is 0 Å². The molecule has 0 heterocycles. The van der Waals surface area contributed by atoms with E-state index >= 15 is 0 Å². The van der Waals surface area contributed by atoms with Crippen LogP contribution in [0.3, 0.4) is 0 Å². The fraction of sp³-hybridized carbons (Fsp3) is 0.417. The van der Waals surface area contributed by atoms with Crippen molar-refractivity contribution in [2.24, 2.45) is 5.92 Å². The first kappa shape index (κ1) is 10.8. The molecule has 1 atom stereocenters. The summed E-state index contributed by atoms with van der Waals surface area (Å²) < 4.78 is 0. The minimum atomic E-state index is -0.711. The average molecular weight is 192 g/mol. The highest BCUT2D eigenvalue weighted by Crippen LogP contribution is 2.10. The number of benzene rings is 1. The lowest BCUT2D eigenvalue weighted by molar-refractivity contribution is -0.141. The molecule has 0 fully saturated rings. The second kappa shape index (κ2) is 4.80. The van der Waals surface area contributed by atoms with E-state index in [-0.39, 0.29) is 5.92 Å². The molecule has 0 saturated carbocycles. The summed E-state index contributed by atoms with van der Waals surface area (Å²) in [5, 5.41) is 8.70. The third-order valence-electron chi connectivity index (χ3n) is 2.41. The van der Waals surface area contributed by atoms with Crippen LogP contribution in [0.5, 0.6) is 0 Å². The Morgan fingerprint density at radius 1 is 1.36 bits per heavy atom. The van der Waals surface area contributed by atoms with E-state index in [1.807, 2.05) is 6.92 Å². The zero-order valence-electron chi connectivity index (χ0n) is 8.66. The van der Waals surface area contributed by atoms with Crippen LogP contribution in [0, 0.1) is 12.8 Å². The molecule has 1 aromatic rings. The maximum Gasteiger partial charge on any atom is 0.306 e. The van der Waals surface area contributed by atoms with Crippen molar-refractivity contribution in [1.29, 1.82) is 0 Å². The Kier molecular flexibility index (Phi) is 3.69. The van der Waals surface area contributed by atoms with E-state index in [1.165, 1.54) is 11.1 Å². The van der Waals surface area contributed by atoms with Gasteiger partial charge < -0.3 is 5.11 Å². The van der Waals surface area contributed by atoms with E-state index in [0.29, 0.717) is 6.42 Å². The molecule has 0 aliphatic carbocycles. The van der Waals surface area contributed by atoms with Crippen LogP contribution >= 0.6 is 0 Å². The van der Waals surface area contributed by atoms with Gasteiger partial charge in [-0.1, -0.05) is 36.8 Å². The summed E-state index contributed by atoms with van der Waals surface area (Å²) in [6, 6.07) is 8.23. The average Bonchev–Trinajstić information content (AvgIpc) is 2.16. The lowest BCUT2D eigenvalue weighted by Gasteiger charge is -2.05. The molecule has 0 bridgehead atoms. The molecule has 14 heavy (non-hydrogen) atoms. The standard InChI is InChI=1S/C12H16O2/c1-9-3-6-11(7-4-9)8-5-10(2)12(13)14/h3-4,6-7,10H,5,8H2,1-2H3,(H,13,14)/t10-/m0/s1. The number of aryl methyl sites for hydroxylation is 2. The summed E-state index contributed by atoms with van der Waals surface area (Å²) in [7, 11) is 0. The molecule has 0 aliphatic rings. The summed E-state index contributed by atoms with van der Waals surface area (Å²) in [5.41, 5.74) is 2.45. The Morgan fingerprint density at radius 3 is 2.43 bits per heavy atom. The second-order valence-electron chi connectivity index (χ2n) is 3.76. The van der Waals surface area contributed by atoms with Crippen LogP contribution in [-0.2, 0) is 11.2 Å². The Morgan fingerprint density at radius 2 is 1.93 bits per heavy atom. The molecule has 1 aromatic carbocycles. The molecule has 0 unspecified atom stereocenters.